The first-order valence-corrected chi connectivity index (χ1v) is 7.15. The molecule has 0 aliphatic rings. The Morgan fingerprint density at radius 2 is 2.05 bits per heavy atom. The van der Waals surface area contributed by atoms with E-state index >= 15 is 0 Å². The quantitative estimate of drug-likeness (QED) is 0.827. The third-order valence-electron chi connectivity index (χ3n) is 2.53. The average molecular weight is 401 g/mol. The largest absolute Gasteiger partial charge is 0.495 e. The molecule has 0 saturated heterocycles. The monoisotopic (exact) mass is 399 g/mol. The van der Waals surface area contributed by atoms with Crippen molar-refractivity contribution in [2.24, 2.45) is 0 Å². The van der Waals surface area contributed by atoms with Crippen molar-refractivity contribution >= 4 is 49.3 Å². The number of hydrogen-bond donors (Lipinski definition) is 2. The molecule has 7 heteroatoms. The fraction of sp³-hybridized carbons (Fsp3) is 0.0769. The summed E-state index contributed by atoms with van der Waals surface area (Å²) in [5.41, 5.74) is 6.60. The van der Waals surface area contributed by atoms with Crippen LogP contribution in [-0.2, 0) is 0 Å². The van der Waals surface area contributed by atoms with E-state index in [2.05, 4.69) is 42.2 Å². The number of nitrogens with two attached hydrogens (primary N) is 1. The maximum Gasteiger partial charge on any atom is 0.255 e. The van der Waals surface area contributed by atoms with E-state index in [4.69, 9.17) is 10.5 Å². The number of aromatic nitrogens is 1. The van der Waals surface area contributed by atoms with Crippen molar-refractivity contribution in [3.8, 4) is 5.75 Å². The summed E-state index contributed by atoms with van der Waals surface area (Å²) in [6.45, 7) is 0. The minimum Gasteiger partial charge on any atom is -0.495 e. The SMILES string of the molecule is COc1cc(NC(=O)c2ccnc(N)c2)c(Br)cc1Br. The first kappa shape index (κ1) is 14.8. The number of rotatable bonds is 3. The highest BCUT2D eigenvalue weighted by atomic mass is 79.9. The molecule has 20 heavy (non-hydrogen) atoms. The van der Waals surface area contributed by atoms with Gasteiger partial charge in [-0.1, -0.05) is 0 Å². The maximum absolute atomic E-state index is 12.1. The molecule has 0 bridgehead atoms. The van der Waals surface area contributed by atoms with Gasteiger partial charge in [-0.2, -0.15) is 0 Å². The summed E-state index contributed by atoms with van der Waals surface area (Å²) in [6.07, 6.45) is 1.49. The highest BCUT2D eigenvalue weighted by Gasteiger charge is 2.12. The number of ether oxygens (including phenoxy) is 1. The van der Waals surface area contributed by atoms with Gasteiger partial charge in [-0.25, -0.2) is 4.98 Å². The molecule has 0 aliphatic heterocycles. The maximum atomic E-state index is 12.1. The van der Waals surface area contributed by atoms with E-state index in [0.717, 1.165) is 8.95 Å². The summed E-state index contributed by atoms with van der Waals surface area (Å²) in [7, 11) is 1.56. The van der Waals surface area contributed by atoms with E-state index < -0.39 is 0 Å². The van der Waals surface area contributed by atoms with Crippen LogP contribution in [0.3, 0.4) is 0 Å². The normalized spacial score (nSPS) is 10.2. The van der Waals surface area contributed by atoms with Crippen molar-refractivity contribution in [2.75, 3.05) is 18.2 Å². The van der Waals surface area contributed by atoms with Gasteiger partial charge in [0.25, 0.3) is 5.91 Å². The summed E-state index contributed by atoms with van der Waals surface area (Å²) in [5.74, 6) is 0.645. The van der Waals surface area contributed by atoms with Crippen molar-refractivity contribution in [3.05, 3.63) is 45.0 Å². The van der Waals surface area contributed by atoms with Crippen LogP contribution in [-0.4, -0.2) is 18.0 Å². The molecule has 0 radical (unpaired) electrons. The van der Waals surface area contributed by atoms with Crippen LogP contribution in [0.25, 0.3) is 0 Å². The van der Waals surface area contributed by atoms with E-state index in [1.807, 2.05) is 0 Å². The number of nitrogen functional groups attached to an aromatic ring is 1. The van der Waals surface area contributed by atoms with Crippen molar-refractivity contribution < 1.29 is 9.53 Å². The van der Waals surface area contributed by atoms with Crippen LogP contribution in [0.4, 0.5) is 11.5 Å². The fourth-order valence-electron chi connectivity index (χ4n) is 1.57. The fourth-order valence-corrected chi connectivity index (χ4v) is 2.82. The molecular weight excluding hydrogens is 390 g/mol. The zero-order valence-electron chi connectivity index (χ0n) is 10.5. The van der Waals surface area contributed by atoms with Crippen LogP contribution in [0.2, 0.25) is 0 Å². The van der Waals surface area contributed by atoms with E-state index in [9.17, 15) is 4.79 Å². The Balaban J connectivity index is 2.28. The van der Waals surface area contributed by atoms with Crippen LogP contribution in [0.15, 0.2) is 39.4 Å². The lowest BCUT2D eigenvalue weighted by Crippen LogP contribution is -2.13. The van der Waals surface area contributed by atoms with Crippen molar-refractivity contribution in [1.82, 2.24) is 4.98 Å². The van der Waals surface area contributed by atoms with Crippen LogP contribution in [0.1, 0.15) is 10.4 Å². The Bertz CT molecular complexity index is 662. The smallest absolute Gasteiger partial charge is 0.255 e. The molecule has 1 aromatic carbocycles. The number of hydrogen-bond acceptors (Lipinski definition) is 4. The highest BCUT2D eigenvalue weighted by molar-refractivity contribution is 9.11. The topological polar surface area (TPSA) is 77.2 Å². The number of anilines is 2. The number of benzene rings is 1. The van der Waals surface area contributed by atoms with Crippen LogP contribution < -0.4 is 15.8 Å². The number of halogens is 2. The summed E-state index contributed by atoms with van der Waals surface area (Å²) in [5, 5.41) is 2.79. The Morgan fingerprint density at radius 3 is 2.70 bits per heavy atom. The number of nitrogens with one attached hydrogen (secondary N) is 1. The van der Waals surface area contributed by atoms with Gasteiger partial charge >= 0.3 is 0 Å². The first-order valence-electron chi connectivity index (χ1n) is 5.57. The molecule has 104 valence electrons. The van der Waals surface area contributed by atoms with Gasteiger partial charge in [-0.3, -0.25) is 4.79 Å². The molecule has 0 unspecified atom stereocenters. The standard InChI is InChI=1S/C13H11Br2N3O2/c1-20-11-6-10(8(14)5-9(11)15)18-13(19)7-2-3-17-12(16)4-7/h2-6H,1H3,(H2,16,17)(H,18,19). The van der Waals surface area contributed by atoms with E-state index in [0.29, 0.717) is 22.8 Å². The molecule has 5 nitrogen and oxygen atoms in total. The van der Waals surface area contributed by atoms with Crippen LogP contribution >= 0.6 is 31.9 Å². The zero-order valence-corrected chi connectivity index (χ0v) is 13.7. The van der Waals surface area contributed by atoms with Crippen LogP contribution in [0, 0.1) is 0 Å². The second-order valence-corrected chi connectivity index (χ2v) is 5.60. The number of pyridine rings is 1. The second kappa shape index (κ2) is 6.23. The third kappa shape index (κ3) is 3.29. The summed E-state index contributed by atoms with van der Waals surface area (Å²) in [6, 6.07) is 6.63. The first-order chi connectivity index (χ1) is 9.51. The third-order valence-corrected chi connectivity index (χ3v) is 3.81. The lowest BCUT2D eigenvalue weighted by molar-refractivity contribution is 0.102. The predicted octanol–water partition coefficient (Wildman–Crippen LogP) is 3.45. The summed E-state index contributed by atoms with van der Waals surface area (Å²) in [4.78, 5) is 16.0. The van der Waals surface area contributed by atoms with Gasteiger partial charge in [0.1, 0.15) is 11.6 Å². The molecule has 1 heterocycles. The second-order valence-electron chi connectivity index (χ2n) is 3.89. The van der Waals surface area contributed by atoms with Crippen molar-refractivity contribution in [3.63, 3.8) is 0 Å². The van der Waals surface area contributed by atoms with E-state index in [1.54, 1.807) is 25.3 Å². The van der Waals surface area contributed by atoms with Crippen molar-refractivity contribution in [2.45, 2.75) is 0 Å². The number of carbonyl (C=O) groups is 1. The number of methoxy groups -OCH3 is 1. The van der Waals surface area contributed by atoms with Gasteiger partial charge in [-0.15, -0.1) is 0 Å². The lowest BCUT2D eigenvalue weighted by atomic mass is 10.2. The van der Waals surface area contributed by atoms with Gasteiger partial charge < -0.3 is 15.8 Å². The van der Waals surface area contributed by atoms with Gasteiger partial charge in [0.05, 0.1) is 17.3 Å². The highest BCUT2D eigenvalue weighted by Crippen LogP contribution is 2.34. The number of amides is 1. The molecule has 0 spiro atoms. The molecule has 3 N–H and O–H groups in total. The summed E-state index contributed by atoms with van der Waals surface area (Å²) < 4.78 is 6.72. The Labute approximate surface area is 132 Å². The molecule has 0 aliphatic carbocycles. The lowest BCUT2D eigenvalue weighted by Gasteiger charge is -2.11. The van der Waals surface area contributed by atoms with Gasteiger partial charge in [0.15, 0.2) is 0 Å². The molecule has 1 amide bonds. The number of carbonyl (C=O) groups excluding carboxylic acids is 1. The van der Waals surface area contributed by atoms with E-state index in [-0.39, 0.29) is 5.91 Å². The Morgan fingerprint density at radius 1 is 1.30 bits per heavy atom. The zero-order chi connectivity index (χ0) is 14.7. The van der Waals surface area contributed by atoms with Crippen LogP contribution in [0.5, 0.6) is 5.75 Å². The Kier molecular flexibility index (Phi) is 4.61. The summed E-state index contributed by atoms with van der Waals surface area (Å²) >= 11 is 6.76. The minimum absolute atomic E-state index is 0.274. The molecular formula is C13H11Br2N3O2. The van der Waals surface area contributed by atoms with Gasteiger partial charge in [0, 0.05) is 22.3 Å². The van der Waals surface area contributed by atoms with Gasteiger partial charge in [0.2, 0.25) is 0 Å². The van der Waals surface area contributed by atoms with E-state index in [1.165, 1.54) is 12.3 Å². The molecule has 0 saturated carbocycles. The molecule has 2 rings (SSSR count). The molecule has 0 fully saturated rings. The Hall–Kier alpha value is -1.60. The van der Waals surface area contributed by atoms with Gasteiger partial charge in [-0.05, 0) is 50.1 Å². The molecule has 2 aromatic rings. The average Bonchev–Trinajstić information content (AvgIpc) is 2.41. The minimum atomic E-state index is -0.274. The molecule has 0 atom stereocenters. The predicted molar refractivity (Wildman–Crippen MR) is 85.0 cm³/mol. The van der Waals surface area contributed by atoms with Crippen molar-refractivity contribution in [1.29, 1.82) is 0 Å². The number of nitrogens with zero attached hydrogens (tertiary/aromatic N) is 1. The molecule has 1 aromatic heterocycles.